The van der Waals surface area contributed by atoms with Gasteiger partial charge in [-0.15, -0.1) is 0 Å². The number of aromatic nitrogens is 1. The summed E-state index contributed by atoms with van der Waals surface area (Å²) in [4.78, 5) is 15.3. The Balaban J connectivity index is 1.82. The van der Waals surface area contributed by atoms with Gasteiger partial charge in [0.1, 0.15) is 5.03 Å². The van der Waals surface area contributed by atoms with Gasteiger partial charge in [-0.3, -0.25) is 4.79 Å². The van der Waals surface area contributed by atoms with Crippen LogP contribution in [0.25, 0.3) is 0 Å². The minimum atomic E-state index is -4.49. The van der Waals surface area contributed by atoms with Gasteiger partial charge in [0.05, 0.1) is 22.4 Å². The molecule has 1 fully saturated rings. The van der Waals surface area contributed by atoms with Crippen LogP contribution in [0.2, 0.25) is 5.02 Å². The zero-order valence-electron chi connectivity index (χ0n) is 11.5. The second-order valence-corrected chi connectivity index (χ2v) is 6.11. The van der Waals surface area contributed by atoms with Crippen molar-refractivity contribution in [2.75, 3.05) is 18.9 Å². The van der Waals surface area contributed by atoms with Gasteiger partial charge in [-0.05, 0) is 18.9 Å². The zero-order valence-corrected chi connectivity index (χ0v) is 13.0. The van der Waals surface area contributed by atoms with E-state index in [1.807, 2.05) is 0 Å². The van der Waals surface area contributed by atoms with Crippen molar-refractivity contribution in [3.05, 3.63) is 22.8 Å². The number of hydrogen-bond donors (Lipinski definition) is 1. The summed E-state index contributed by atoms with van der Waals surface area (Å²) in [5.74, 6) is -0.205. The molecule has 1 aliphatic heterocycles. The fourth-order valence-electron chi connectivity index (χ4n) is 1.90. The lowest BCUT2D eigenvalue weighted by Gasteiger charge is -2.11. The van der Waals surface area contributed by atoms with Crippen molar-refractivity contribution in [3.63, 3.8) is 0 Å². The second-order valence-electron chi connectivity index (χ2n) is 4.74. The molecule has 0 bridgehead atoms. The van der Waals surface area contributed by atoms with Gasteiger partial charge < -0.3 is 10.1 Å². The van der Waals surface area contributed by atoms with Gasteiger partial charge in [0.15, 0.2) is 0 Å². The summed E-state index contributed by atoms with van der Waals surface area (Å²) in [6.45, 7) is 1.15. The highest BCUT2D eigenvalue weighted by molar-refractivity contribution is 8.00. The molecule has 1 atom stereocenters. The third-order valence-corrected chi connectivity index (χ3v) is 4.43. The van der Waals surface area contributed by atoms with E-state index in [0.29, 0.717) is 19.3 Å². The van der Waals surface area contributed by atoms with Crippen LogP contribution in [-0.4, -0.2) is 35.9 Å². The molecule has 0 radical (unpaired) electrons. The Bertz CT molecular complexity index is 537. The van der Waals surface area contributed by atoms with Crippen molar-refractivity contribution in [1.82, 2.24) is 10.3 Å². The summed E-state index contributed by atoms with van der Waals surface area (Å²) < 4.78 is 42.8. The molecule has 1 saturated heterocycles. The van der Waals surface area contributed by atoms with Gasteiger partial charge >= 0.3 is 6.18 Å². The van der Waals surface area contributed by atoms with E-state index in [1.165, 1.54) is 0 Å². The van der Waals surface area contributed by atoms with Crippen LogP contribution in [0.1, 0.15) is 18.4 Å². The van der Waals surface area contributed by atoms with Crippen LogP contribution < -0.4 is 5.32 Å². The van der Waals surface area contributed by atoms with Crippen molar-refractivity contribution in [3.8, 4) is 0 Å². The normalized spacial score (nSPS) is 18.5. The first-order valence-corrected chi connectivity index (χ1v) is 7.96. The Hall–Kier alpha value is -0.990. The molecular weight excluding hydrogens is 341 g/mol. The molecule has 2 heterocycles. The number of amides is 1. The number of nitrogens with one attached hydrogen (secondary N) is 1. The van der Waals surface area contributed by atoms with Crippen LogP contribution in [0, 0.1) is 0 Å². The van der Waals surface area contributed by atoms with Crippen molar-refractivity contribution in [2.45, 2.75) is 30.1 Å². The summed E-state index contributed by atoms with van der Waals surface area (Å²) in [5.41, 5.74) is -0.912. The molecule has 0 spiro atoms. The minimum Gasteiger partial charge on any atom is -0.376 e. The largest absolute Gasteiger partial charge is 0.417 e. The molecule has 4 nitrogen and oxygen atoms in total. The van der Waals surface area contributed by atoms with E-state index in [2.05, 4.69) is 10.3 Å². The van der Waals surface area contributed by atoms with Crippen molar-refractivity contribution < 1.29 is 22.7 Å². The zero-order chi connectivity index (χ0) is 16.2. The highest BCUT2D eigenvalue weighted by atomic mass is 35.5. The van der Waals surface area contributed by atoms with Gasteiger partial charge in [0, 0.05) is 19.3 Å². The van der Waals surface area contributed by atoms with Gasteiger partial charge in [0.25, 0.3) is 0 Å². The molecule has 9 heteroatoms. The van der Waals surface area contributed by atoms with Crippen LogP contribution in [0.3, 0.4) is 0 Å². The molecule has 1 aliphatic rings. The Morgan fingerprint density at radius 1 is 1.55 bits per heavy atom. The SMILES string of the molecule is O=C(CSc1ncc(C(F)(F)F)cc1Cl)NC[C@@H]1CCCO1. The Morgan fingerprint density at radius 2 is 2.32 bits per heavy atom. The predicted octanol–water partition coefficient (Wildman–Crippen LogP) is 3.14. The quantitative estimate of drug-likeness (QED) is 0.825. The molecule has 1 amide bonds. The van der Waals surface area contributed by atoms with Crippen LogP contribution in [0.4, 0.5) is 13.2 Å². The van der Waals surface area contributed by atoms with Crippen molar-refractivity contribution >= 4 is 29.3 Å². The van der Waals surface area contributed by atoms with Gasteiger partial charge in [0.2, 0.25) is 5.91 Å². The maximum absolute atomic E-state index is 12.5. The Morgan fingerprint density at radius 3 is 2.91 bits per heavy atom. The Kier molecular flexibility index (Phi) is 5.94. The summed E-state index contributed by atoms with van der Waals surface area (Å²) in [6, 6.07) is 0.807. The average molecular weight is 355 g/mol. The summed E-state index contributed by atoms with van der Waals surface area (Å²) in [6.07, 6.45) is -1.83. The molecule has 0 aromatic carbocycles. The van der Waals surface area contributed by atoms with E-state index in [4.69, 9.17) is 16.3 Å². The van der Waals surface area contributed by atoms with Crippen molar-refractivity contribution in [2.24, 2.45) is 0 Å². The number of carbonyl (C=O) groups excluding carboxylic acids is 1. The van der Waals surface area contributed by atoms with E-state index in [9.17, 15) is 18.0 Å². The first-order chi connectivity index (χ1) is 10.4. The third kappa shape index (κ3) is 5.03. The van der Waals surface area contributed by atoms with Crippen LogP contribution in [-0.2, 0) is 15.7 Å². The summed E-state index contributed by atoms with van der Waals surface area (Å²) in [7, 11) is 0. The molecule has 22 heavy (non-hydrogen) atoms. The molecule has 0 saturated carbocycles. The van der Waals surface area contributed by atoms with Crippen molar-refractivity contribution in [1.29, 1.82) is 0 Å². The molecular formula is C13H14ClF3N2O2S. The summed E-state index contributed by atoms with van der Waals surface area (Å²) >= 11 is 6.76. The van der Waals surface area contributed by atoms with Gasteiger partial charge in [-0.25, -0.2) is 4.98 Å². The maximum Gasteiger partial charge on any atom is 0.417 e. The van der Waals surface area contributed by atoms with Crippen LogP contribution in [0.5, 0.6) is 0 Å². The van der Waals surface area contributed by atoms with E-state index >= 15 is 0 Å². The van der Waals surface area contributed by atoms with E-state index in [-0.39, 0.29) is 27.8 Å². The van der Waals surface area contributed by atoms with Gasteiger partial charge in [-0.1, -0.05) is 23.4 Å². The highest BCUT2D eigenvalue weighted by Crippen LogP contribution is 2.33. The van der Waals surface area contributed by atoms with Crippen LogP contribution >= 0.6 is 23.4 Å². The number of nitrogens with zero attached hydrogens (tertiary/aromatic N) is 1. The number of ether oxygens (including phenoxy) is 1. The first-order valence-electron chi connectivity index (χ1n) is 6.60. The molecule has 1 aromatic rings. The lowest BCUT2D eigenvalue weighted by molar-refractivity contribution is -0.137. The first kappa shape index (κ1) is 17.4. The number of alkyl halides is 3. The molecule has 2 rings (SSSR count). The van der Waals surface area contributed by atoms with Gasteiger partial charge in [-0.2, -0.15) is 13.2 Å². The lowest BCUT2D eigenvalue weighted by Crippen LogP contribution is -2.32. The molecule has 1 N–H and O–H groups in total. The predicted molar refractivity (Wildman–Crippen MR) is 77.0 cm³/mol. The van der Waals surface area contributed by atoms with E-state index < -0.39 is 11.7 Å². The second kappa shape index (κ2) is 7.52. The topological polar surface area (TPSA) is 51.2 Å². The average Bonchev–Trinajstić information content (AvgIpc) is 2.96. The maximum atomic E-state index is 12.5. The highest BCUT2D eigenvalue weighted by Gasteiger charge is 2.31. The minimum absolute atomic E-state index is 0.0325. The Labute approximate surface area is 134 Å². The number of halogens is 4. The van der Waals surface area contributed by atoms with E-state index in [0.717, 1.165) is 30.7 Å². The molecule has 1 aromatic heterocycles. The number of carbonyl (C=O) groups is 1. The molecule has 0 aliphatic carbocycles. The molecule has 122 valence electrons. The number of rotatable bonds is 5. The fraction of sp³-hybridized carbons (Fsp3) is 0.538. The smallest absolute Gasteiger partial charge is 0.376 e. The number of hydrogen-bond acceptors (Lipinski definition) is 4. The third-order valence-electron chi connectivity index (χ3n) is 3.03. The monoisotopic (exact) mass is 354 g/mol. The van der Waals surface area contributed by atoms with E-state index in [1.54, 1.807) is 0 Å². The fourth-order valence-corrected chi connectivity index (χ4v) is 2.93. The molecule has 0 unspecified atom stereocenters. The lowest BCUT2D eigenvalue weighted by atomic mass is 10.2. The number of thioether (sulfide) groups is 1. The summed E-state index contributed by atoms with van der Waals surface area (Å²) in [5, 5.41) is 2.79. The standard InChI is InChI=1S/C13H14ClF3N2O2S/c14-10-4-8(13(15,16)17)5-19-12(10)22-7-11(20)18-6-9-2-1-3-21-9/h4-5,9H,1-3,6-7H2,(H,18,20)/t9-/m0/s1. The van der Waals surface area contributed by atoms with Crippen LogP contribution in [0.15, 0.2) is 17.3 Å². The number of pyridine rings is 1.